The smallest absolute Gasteiger partial charge is 0.273 e. The molecule has 0 unspecified atom stereocenters. The van der Waals surface area contributed by atoms with Crippen molar-refractivity contribution in [3.8, 4) is 5.75 Å². The Morgan fingerprint density at radius 2 is 2.00 bits per heavy atom. The van der Waals surface area contributed by atoms with Gasteiger partial charge in [-0.1, -0.05) is 17.7 Å². The maximum atomic E-state index is 12.0. The van der Waals surface area contributed by atoms with Gasteiger partial charge in [-0.3, -0.25) is 20.2 Å². The highest BCUT2D eigenvalue weighted by Crippen LogP contribution is 2.27. The summed E-state index contributed by atoms with van der Waals surface area (Å²) in [4.78, 5) is 22.0. The Hall–Kier alpha value is -3.00. The number of benzene rings is 2. The van der Waals surface area contributed by atoms with E-state index in [4.69, 9.17) is 12.2 Å². The summed E-state index contributed by atoms with van der Waals surface area (Å²) in [5.74, 6) is -0.737. The summed E-state index contributed by atoms with van der Waals surface area (Å²) >= 11 is 5.00. The van der Waals surface area contributed by atoms with Crippen LogP contribution in [0.4, 0.5) is 11.4 Å². The molecule has 0 atom stereocenters. The van der Waals surface area contributed by atoms with Crippen LogP contribution in [0.1, 0.15) is 15.9 Å². The van der Waals surface area contributed by atoms with Gasteiger partial charge in [-0.2, -0.15) is 0 Å². The second kappa shape index (κ2) is 6.84. The molecule has 2 aromatic carbocycles. The number of nitrogens with zero attached hydrogens (tertiary/aromatic N) is 1. The summed E-state index contributed by atoms with van der Waals surface area (Å²) in [6, 6.07) is 10.5. The number of amides is 1. The highest BCUT2D eigenvalue weighted by molar-refractivity contribution is 7.80. The Balaban J connectivity index is 2.05. The fraction of sp³-hybridized carbons (Fsp3) is 0.0667. The van der Waals surface area contributed by atoms with Crippen molar-refractivity contribution < 1.29 is 14.8 Å². The third kappa shape index (κ3) is 4.24. The van der Waals surface area contributed by atoms with Crippen LogP contribution in [-0.2, 0) is 0 Å². The molecule has 0 bridgehead atoms. The minimum absolute atomic E-state index is 0.0272. The number of hydrogen-bond acceptors (Lipinski definition) is 5. The largest absolute Gasteiger partial charge is 0.506 e. The molecule has 23 heavy (non-hydrogen) atoms. The first-order chi connectivity index (χ1) is 10.9. The van der Waals surface area contributed by atoms with Gasteiger partial charge in [0.1, 0.15) is 5.75 Å². The maximum absolute atomic E-state index is 12.0. The molecule has 0 saturated carbocycles. The third-order valence-corrected chi connectivity index (χ3v) is 3.15. The number of phenols is 1. The van der Waals surface area contributed by atoms with E-state index in [-0.39, 0.29) is 22.2 Å². The number of rotatable bonds is 3. The van der Waals surface area contributed by atoms with Crippen LogP contribution in [0, 0.1) is 17.0 Å². The average Bonchev–Trinajstić information content (AvgIpc) is 2.49. The summed E-state index contributed by atoms with van der Waals surface area (Å²) in [6.45, 7) is 1.86. The number of phenolic OH excluding ortho intramolecular Hbond substituents is 1. The zero-order valence-corrected chi connectivity index (χ0v) is 12.9. The van der Waals surface area contributed by atoms with E-state index in [0.29, 0.717) is 5.56 Å². The van der Waals surface area contributed by atoms with Crippen molar-refractivity contribution >= 4 is 34.6 Å². The van der Waals surface area contributed by atoms with Crippen molar-refractivity contribution in [2.75, 3.05) is 5.32 Å². The summed E-state index contributed by atoms with van der Waals surface area (Å²) < 4.78 is 0. The number of nitrogens with one attached hydrogen (secondary N) is 2. The molecule has 0 aromatic heterocycles. The molecule has 1 amide bonds. The van der Waals surface area contributed by atoms with Gasteiger partial charge in [-0.15, -0.1) is 0 Å². The van der Waals surface area contributed by atoms with E-state index in [9.17, 15) is 20.0 Å². The molecule has 0 aliphatic heterocycles. The van der Waals surface area contributed by atoms with Gasteiger partial charge in [0.25, 0.3) is 11.6 Å². The summed E-state index contributed by atoms with van der Waals surface area (Å²) in [7, 11) is 0. The van der Waals surface area contributed by atoms with Crippen molar-refractivity contribution in [3.63, 3.8) is 0 Å². The maximum Gasteiger partial charge on any atom is 0.273 e. The highest BCUT2D eigenvalue weighted by Gasteiger charge is 2.12. The number of nitro groups is 1. The number of hydrogen-bond donors (Lipinski definition) is 3. The second-order valence-corrected chi connectivity index (χ2v) is 5.14. The molecule has 0 fully saturated rings. The number of nitro benzene ring substituents is 1. The number of carbonyl (C=O) groups is 1. The predicted octanol–water partition coefficient (Wildman–Crippen LogP) is 2.74. The molecule has 0 aliphatic carbocycles. The zero-order chi connectivity index (χ0) is 17.0. The fourth-order valence-corrected chi connectivity index (χ4v) is 2.06. The topological polar surface area (TPSA) is 104 Å². The first kappa shape index (κ1) is 16.4. The van der Waals surface area contributed by atoms with Crippen molar-refractivity contribution in [1.82, 2.24) is 5.32 Å². The SMILES string of the molecule is Cc1cccc(C(=O)NC(=S)Nc2ccc([N+](=O)[O-])cc2O)c1. The van der Waals surface area contributed by atoms with Crippen molar-refractivity contribution in [2.24, 2.45) is 0 Å². The lowest BCUT2D eigenvalue weighted by Crippen LogP contribution is -2.34. The molecule has 2 rings (SSSR count). The normalized spacial score (nSPS) is 9.96. The second-order valence-electron chi connectivity index (χ2n) is 4.74. The molecule has 0 aliphatic rings. The third-order valence-electron chi connectivity index (χ3n) is 2.95. The Labute approximate surface area is 137 Å². The first-order valence-corrected chi connectivity index (χ1v) is 6.94. The predicted molar refractivity (Wildman–Crippen MR) is 89.6 cm³/mol. The van der Waals surface area contributed by atoms with E-state index < -0.39 is 10.8 Å². The van der Waals surface area contributed by atoms with Gasteiger partial charge in [-0.25, -0.2) is 0 Å². The molecule has 3 N–H and O–H groups in total. The number of carbonyl (C=O) groups excluding carboxylic acids is 1. The molecule has 0 heterocycles. The van der Waals surface area contributed by atoms with Gasteiger partial charge >= 0.3 is 0 Å². The molecule has 0 saturated heterocycles. The van der Waals surface area contributed by atoms with Crippen LogP contribution < -0.4 is 10.6 Å². The van der Waals surface area contributed by atoms with E-state index in [1.165, 1.54) is 12.1 Å². The Morgan fingerprint density at radius 1 is 1.26 bits per heavy atom. The molecule has 118 valence electrons. The number of aryl methyl sites for hydroxylation is 1. The van der Waals surface area contributed by atoms with Crippen LogP contribution in [-0.4, -0.2) is 21.0 Å². The molecule has 0 spiro atoms. The van der Waals surface area contributed by atoms with Gasteiger partial charge in [0.05, 0.1) is 16.7 Å². The van der Waals surface area contributed by atoms with Gasteiger partial charge in [0, 0.05) is 11.6 Å². The summed E-state index contributed by atoms with van der Waals surface area (Å²) in [5, 5.41) is 25.4. The van der Waals surface area contributed by atoms with E-state index in [0.717, 1.165) is 11.6 Å². The van der Waals surface area contributed by atoms with Crippen LogP contribution in [0.3, 0.4) is 0 Å². The lowest BCUT2D eigenvalue weighted by molar-refractivity contribution is -0.384. The lowest BCUT2D eigenvalue weighted by Gasteiger charge is -2.11. The van der Waals surface area contributed by atoms with E-state index >= 15 is 0 Å². The van der Waals surface area contributed by atoms with E-state index in [2.05, 4.69) is 10.6 Å². The molecular weight excluding hydrogens is 318 g/mol. The molecule has 0 radical (unpaired) electrons. The number of anilines is 1. The van der Waals surface area contributed by atoms with E-state index in [1.807, 2.05) is 13.0 Å². The zero-order valence-electron chi connectivity index (χ0n) is 12.1. The van der Waals surface area contributed by atoms with Crippen LogP contribution >= 0.6 is 12.2 Å². The van der Waals surface area contributed by atoms with Crippen molar-refractivity contribution in [1.29, 1.82) is 0 Å². The number of non-ortho nitro benzene ring substituents is 1. The standard InChI is InChI=1S/C15H13N3O4S/c1-9-3-2-4-10(7-9)14(20)17-15(23)16-12-6-5-11(18(21)22)8-13(12)19/h2-8,19H,1H3,(H2,16,17,20,23). The molecular formula is C15H13N3O4S. The number of thiocarbonyl (C=S) groups is 1. The molecule has 2 aromatic rings. The Kier molecular flexibility index (Phi) is 4.87. The van der Waals surface area contributed by atoms with E-state index in [1.54, 1.807) is 18.2 Å². The van der Waals surface area contributed by atoms with Crippen LogP contribution in [0.2, 0.25) is 0 Å². The quantitative estimate of drug-likeness (QED) is 0.346. The van der Waals surface area contributed by atoms with Gasteiger partial charge in [-0.05, 0) is 37.3 Å². The summed E-state index contributed by atoms with van der Waals surface area (Å²) in [6.07, 6.45) is 0. The average molecular weight is 331 g/mol. The van der Waals surface area contributed by atoms with Crippen LogP contribution in [0.25, 0.3) is 0 Å². The van der Waals surface area contributed by atoms with Crippen molar-refractivity contribution in [3.05, 3.63) is 63.7 Å². The Bertz CT molecular complexity index is 792. The minimum Gasteiger partial charge on any atom is -0.506 e. The van der Waals surface area contributed by atoms with Gasteiger partial charge in [0.2, 0.25) is 0 Å². The van der Waals surface area contributed by atoms with Gasteiger partial charge in [0.15, 0.2) is 5.11 Å². The van der Waals surface area contributed by atoms with Gasteiger partial charge < -0.3 is 10.4 Å². The van der Waals surface area contributed by atoms with Crippen LogP contribution in [0.5, 0.6) is 5.75 Å². The number of aromatic hydroxyl groups is 1. The molecule has 8 heteroatoms. The lowest BCUT2D eigenvalue weighted by atomic mass is 10.1. The van der Waals surface area contributed by atoms with Crippen LogP contribution in [0.15, 0.2) is 42.5 Å². The molecule has 7 nitrogen and oxygen atoms in total. The first-order valence-electron chi connectivity index (χ1n) is 6.53. The summed E-state index contributed by atoms with van der Waals surface area (Å²) in [5.41, 5.74) is 1.29. The Morgan fingerprint density at radius 3 is 2.61 bits per heavy atom. The monoisotopic (exact) mass is 331 g/mol. The highest BCUT2D eigenvalue weighted by atomic mass is 32.1. The van der Waals surface area contributed by atoms with Crippen molar-refractivity contribution in [2.45, 2.75) is 6.92 Å². The minimum atomic E-state index is -0.624. The fourth-order valence-electron chi connectivity index (χ4n) is 1.85.